The molecule has 0 bridgehead atoms. The molecule has 0 aliphatic rings. The van der Waals surface area contributed by atoms with Crippen molar-refractivity contribution in [2.75, 3.05) is 0 Å². The van der Waals surface area contributed by atoms with Gasteiger partial charge in [0, 0.05) is 35.2 Å². The van der Waals surface area contributed by atoms with Crippen LogP contribution < -0.4 is 5.73 Å². The molecule has 1 unspecified atom stereocenters. The Kier molecular flexibility index (Phi) is 2.25. The van der Waals surface area contributed by atoms with Gasteiger partial charge in [0.1, 0.15) is 0 Å². The quantitative estimate of drug-likeness (QED) is 0.768. The molecule has 0 saturated carbocycles. The van der Waals surface area contributed by atoms with E-state index < -0.39 is 0 Å². The van der Waals surface area contributed by atoms with Crippen LogP contribution in [0.25, 0.3) is 10.9 Å². The van der Waals surface area contributed by atoms with Gasteiger partial charge >= 0.3 is 0 Å². The molecular formula is C11H13ClN2. The summed E-state index contributed by atoms with van der Waals surface area (Å²) in [5.74, 6) is 0. The molecular weight excluding hydrogens is 196 g/mol. The van der Waals surface area contributed by atoms with E-state index in [-0.39, 0.29) is 6.04 Å². The van der Waals surface area contributed by atoms with Crippen molar-refractivity contribution in [3.63, 3.8) is 0 Å². The molecule has 0 aliphatic carbocycles. The maximum Gasteiger partial charge on any atom is 0.0496 e. The summed E-state index contributed by atoms with van der Waals surface area (Å²) < 4.78 is 2.06. The minimum absolute atomic E-state index is 0.0554. The molecule has 0 fully saturated rings. The minimum atomic E-state index is 0.0554. The van der Waals surface area contributed by atoms with E-state index in [9.17, 15) is 0 Å². The summed E-state index contributed by atoms with van der Waals surface area (Å²) in [5.41, 5.74) is 8.18. The van der Waals surface area contributed by atoms with Crippen molar-refractivity contribution in [1.82, 2.24) is 4.57 Å². The zero-order valence-corrected chi connectivity index (χ0v) is 9.05. The number of fused-ring (bicyclic) bond motifs is 1. The van der Waals surface area contributed by atoms with Gasteiger partial charge in [0.25, 0.3) is 0 Å². The first kappa shape index (κ1) is 9.56. The molecule has 1 heterocycles. The Morgan fingerprint density at radius 2 is 2.14 bits per heavy atom. The smallest absolute Gasteiger partial charge is 0.0496 e. The fraction of sp³-hybridized carbons (Fsp3) is 0.273. The number of nitrogens with zero attached hydrogens (tertiary/aromatic N) is 1. The van der Waals surface area contributed by atoms with Gasteiger partial charge in [-0.2, -0.15) is 0 Å². The van der Waals surface area contributed by atoms with Gasteiger partial charge in [-0.1, -0.05) is 17.7 Å². The standard InChI is InChI=1S/C11H13ClN2/c1-7(13)10-6-14(2)11-5-8(12)3-4-9(10)11/h3-7H,13H2,1-2H3. The lowest BCUT2D eigenvalue weighted by molar-refractivity contribution is 0.815. The highest BCUT2D eigenvalue weighted by molar-refractivity contribution is 6.31. The second kappa shape index (κ2) is 3.30. The van der Waals surface area contributed by atoms with Crippen molar-refractivity contribution in [3.8, 4) is 0 Å². The Bertz CT molecular complexity index is 471. The van der Waals surface area contributed by atoms with E-state index in [1.54, 1.807) is 0 Å². The number of benzene rings is 1. The molecule has 14 heavy (non-hydrogen) atoms. The zero-order valence-electron chi connectivity index (χ0n) is 8.29. The highest BCUT2D eigenvalue weighted by atomic mass is 35.5. The average molecular weight is 209 g/mol. The SMILES string of the molecule is CC(N)c1cn(C)c2cc(Cl)ccc12. The summed E-state index contributed by atoms with van der Waals surface area (Å²) in [4.78, 5) is 0. The predicted molar refractivity (Wildman–Crippen MR) is 60.5 cm³/mol. The lowest BCUT2D eigenvalue weighted by atomic mass is 10.1. The molecule has 0 spiro atoms. The molecule has 1 aromatic carbocycles. The van der Waals surface area contributed by atoms with Crippen LogP contribution in [0, 0.1) is 0 Å². The maximum atomic E-state index is 5.93. The highest BCUT2D eigenvalue weighted by Gasteiger charge is 2.09. The lowest BCUT2D eigenvalue weighted by Gasteiger charge is -2.01. The van der Waals surface area contributed by atoms with E-state index in [0.717, 1.165) is 10.5 Å². The summed E-state index contributed by atoms with van der Waals surface area (Å²) >= 11 is 5.93. The van der Waals surface area contributed by atoms with Crippen LogP contribution in [-0.4, -0.2) is 4.57 Å². The number of aromatic nitrogens is 1. The molecule has 1 atom stereocenters. The topological polar surface area (TPSA) is 30.9 Å². The van der Waals surface area contributed by atoms with E-state index in [4.69, 9.17) is 17.3 Å². The third-order valence-electron chi connectivity index (χ3n) is 2.47. The third-order valence-corrected chi connectivity index (χ3v) is 2.71. The summed E-state index contributed by atoms with van der Waals surface area (Å²) in [6.45, 7) is 1.99. The van der Waals surface area contributed by atoms with Gasteiger partial charge in [-0.05, 0) is 24.6 Å². The van der Waals surface area contributed by atoms with Crippen LogP contribution in [0.5, 0.6) is 0 Å². The number of nitrogens with two attached hydrogens (primary N) is 1. The molecule has 74 valence electrons. The first-order chi connectivity index (χ1) is 6.59. The van der Waals surface area contributed by atoms with Gasteiger partial charge in [0.15, 0.2) is 0 Å². The molecule has 0 saturated heterocycles. The van der Waals surface area contributed by atoms with Crippen LogP contribution in [0.15, 0.2) is 24.4 Å². The summed E-state index contributed by atoms with van der Waals surface area (Å²) in [6, 6.07) is 5.94. The fourth-order valence-electron chi connectivity index (χ4n) is 1.75. The Labute approximate surface area is 88.3 Å². The summed E-state index contributed by atoms with van der Waals surface area (Å²) in [5, 5.41) is 1.95. The Morgan fingerprint density at radius 1 is 1.43 bits per heavy atom. The molecule has 2 rings (SSSR count). The van der Waals surface area contributed by atoms with Crippen molar-refractivity contribution >= 4 is 22.5 Å². The van der Waals surface area contributed by atoms with Crippen molar-refractivity contribution in [2.45, 2.75) is 13.0 Å². The van der Waals surface area contributed by atoms with Crippen molar-refractivity contribution in [3.05, 3.63) is 35.0 Å². The normalized spacial score (nSPS) is 13.4. The largest absolute Gasteiger partial charge is 0.350 e. The number of hydrogen-bond acceptors (Lipinski definition) is 1. The van der Waals surface area contributed by atoms with Crippen molar-refractivity contribution in [1.29, 1.82) is 0 Å². The summed E-state index contributed by atoms with van der Waals surface area (Å²) in [6.07, 6.45) is 2.06. The monoisotopic (exact) mass is 208 g/mol. The Hall–Kier alpha value is -0.990. The van der Waals surface area contributed by atoms with Gasteiger partial charge in [0.05, 0.1) is 0 Å². The van der Waals surface area contributed by atoms with Gasteiger partial charge in [-0.15, -0.1) is 0 Å². The van der Waals surface area contributed by atoms with Gasteiger partial charge in [0.2, 0.25) is 0 Å². The van der Waals surface area contributed by atoms with E-state index in [0.29, 0.717) is 0 Å². The van der Waals surface area contributed by atoms with Gasteiger partial charge in [-0.3, -0.25) is 0 Å². The first-order valence-corrected chi connectivity index (χ1v) is 4.97. The predicted octanol–water partition coefficient (Wildman–Crippen LogP) is 2.85. The second-order valence-electron chi connectivity index (χ2n) is 3.65. The van der Waals surface area contributed by atoms with Crippen LogP contribution in [0.3, 0.4) is 0 Å². The maximum absolute atomic E-state index is 5.93. The van der Waals surface area contributed by atoms with E-state index in [2.05, 4.69) is 10.8 Å². The minimum Gasteiger partial charge on any atom is -0.350 e. The van der Waals surface area contributed by atoms with Crippen molar-refractivity contribution in [2.24, 2.45) is 12.8 Å². The number of aryl methyl sites for hydroxylation is 1. The number of rotatable bonds is 1. The van der Waals surface area contributed by atoms with Gasteiger partial charge in [-0.25, -0.2) is 0 Å². The molecule has 1 aromatic heterocycles. The third kappa shape index (κ3) is 1.41. The average Bonchev–Trinajstić information content (AvgIpc) is 2.44. The molecule has 3 heteroatoms. The lowest BCUT2D eigenvalue weighted by Crippen LogP contribution is -2.03. The molecule has 0 amide bonds. The molecule has 2 N–H and O–H groups in total. The Balaban J connectivity index is 2.77. The van der Waals surface area contributed by atoms with E-state index >= 15 is 0 Å². The van der Waals surface area contributed by atoms with Crippen LogP contribution in [0.1, 0.15) is 18.5 Å². The van der Waals surface area contributed by atoms with E-state index in [1.165, 1.54) is 10.9 Å². The number of halogens is 1. The summed E-state index contributed by atoms with van der Waals surface area (Å²) in [7, 11) is 2.00. The van der Waals surface area contributed by atoms with Gasteiger partial charge < -0.3 is 10.3 Å². The van der Waals surface area contributed by atoms with Crippen molar-refractivity contribution < 1.29 is 0 Å². The highest BCUT2D eigenvalue weighted by Crippen LogP contribution is 2.26. The molecule has 2 aromatic rings. The molecule has 2 nitrogen and oxygen atoms in total. The van der Waals surface area contributed by atoms with Crippen LogP contribution in [-0.2, 0) is 7.05 Å². The zero-order chi connectivity index (χ0) is 10.3. The first-order valence-electron chi connectivity index (χ1n) is 4.59. The molecule has 0 aliphatic heterocycles. The van der Waals surface area contributed by atoms with Crippen LogP contribution >= 0.6 is 11.6 Å². The Morgan fingerprint density at radius 3 is 2.79 bits per heavy atom. The fourth-order valence-corrected chi connectivity index (χ4v) is 1.92. The number of hydrogen-bond donors (Lipinski definition) is 1. The molecule has 0 radical (unpaired) electrons. The van der Waals surface area contributed by atoms with Crippen LogP contribution in [0.4, 0.5) is 0 Å². The second-order valence-corrected chi connectivity index (χ2v) is 4.08. The van der Waals surface area contributed by atoms with Crippen LogP contribution in [0.2, 0.25) is 5.02 Å². The van der Waals surface area contributed by atoms with E-state index in [1.807, 2.05) is 32.2 Å².